The maximum Gasteiger partial charge on any atom is 0.416 e. The third-order valence-electron chi connectivity index (χ3n) is 7.07. The van der Waals surface area contributed by atoms with Gasteiger partial charge in [0.2, 0.25) is 5.91 Å². The number of methoxy groups -OCH3 is 1. The van der Waals surface area contributed by atoms with E-state index >= 15 is 0 Å². The first kappa shape index (κ1) is 28.0. The molecule has 2 aromatic heterocycles. The fourth-order valence-electron chi connectivity index (χ4n) is 4.95. The number of aromatic nitrogens is 2. The molecule has 2 N–H and O–H groups in total. The van der Waals surface area contributed by atoms with Crippen LogP contribution < -0.4 is 14.9 Å². The van der Waals surface area contributed by atoms with Gasteiger partial charge < -0.3 is 24.8 Å². The van der Waals surface area contributed by atoms with Gasteiger partial charge >= 0.3 is 12.1 Å². The number of hydrogen-bond donors (Lipinski definition) is 1. The van der Waals surface area contributed by atoms with E-state index in [1.165, 1.54) is 24.5 Å². The number of ether oxygens (including phenoxy) is 1. The van der Waals surface area contributed by atoms with Crippen molar-refractivity contribution in [3.8, 4) is 0 Å². The van der Waals surface area contributed by atoms with Gasteiger partial charge in [0, 0.05) is 48.9 Å². The number of carbonyl (C=O) groups is 2. The maximum absolute atomic E-state index is 14.1. The van der Waals surface area contributed by atoms with Crippen molar-refractivity contribution in [3.63, 3.8) is 0 Å². The molecular weight excluding hydrogens is 573 g/mol. The Morgan fingerprint density at radius 1 is 1.32 bits per heavy atom. The van der Waals surface area contributed by atoms with Crippen LogP contribution in [0, 0.1) is 0 Å². The molecule has 1 aromatic carbocycles. The number of thiazole rings is 1. The summed E-state index contributed by atoms with van der Waals surface area (Å²) in [7, 11) is 1.07. The Balaban J connectivity index is 1.46. The van der Waals surface area contributed by atoms with Gasteiger partial charge in [-0.3, -0.25) is 13.3 Å². The molecular formula is C24H24F3N6O5S2-. The normalized spacial score (nSPS) is 19.0. The fourth-order valence-corrected chi connectivity index (χ4v) is 6.76. The average Bonchev–Trinajstić information content (AvgIpc) is 3.47. The number of halogens is 3. The minimum atomic E-state index is -4.79. The molecule has 3 aromatic rings. The van der Waals surface area contributed by atoms with Gasteiger partial charge in [0.1, 0.15) is 22.9 Å². The van der Waals surface area contributed by atoms with Gasteiger partial charge in [-0.05, 0) is 35.9 Å². The molecule has 0 bridgehead atoms. The van der Waals surface area contributed by atoms with Crippen molar-refractivity contribution >= 4 is 61.2 Å². The number of anilines is 3. The van der Waals surface area contributed by atoms with Crippen molar-refractivity contribution in [1.29, 1.82) is 0 Å². The minimum absolute atomic E-state index is 0.0172. The van der Waals surface area contributed by atoms with Gasteiger partial charge in [0.15, 0.2) is 5.13 Å². The number of benzene rings is 1. The van der Waals surface area contributed by atoms with E-state index in [2.05, 4.69) is 9.97 Å². The van der Waals surface area contributed by atoms with E-state index in [0.717, 1.165) is 53.2 Å². The Bertz CT molecular complexity index is 1480. The largest absolute Gasteiger partial charge is 0.755 e. The van der Waals surface area contributed by atoms with E-state index in [0.29, 0.717) is 10.5 Å². The summed E-state index contributed by atoms with van der Waals surface area (Å²) >= 11 is -1.74. The summed E-state index contributed by atoms with van der Waals surface area (Å²) in [5, 5.41) is 1.32. The number of fused-ring (bicyclic) bond motifs is 1. The Labute approximate surface area is 233 Å². The summed E-state index contributed by atoms with van der Waals surface area (Å²) in [6.45, 7) is 1.52. The number of hydrogen-bond acceptors (Lipinski definition) is 10. The van der Waals surface area contributed by atoms with Gasteiger partial charge in [0.05, 0.1) is 18.9 Å². The standard InChI is InChI=1S/C24H25F3N6O5S2/c1-38-22(35)18(10-14-9-13-3-5-29-20(28)15(13)11-16(14)24(25,26)27)32-8-4-17(21(32)34)33(40(36)37)19-12-30-23(39-19)31-6-2-7-31/h3,5,9,11-12,17-18H,2,4,6-8,10H2,1H3,(H2,28,29)(H,36,37)/p-1/t17-,18+/m0/s1. The summed E-state index contributed by atoms with van der Waals surface area (Å²) in [6, 6.07) is 1.00. The van der Waals surface area contributed by atoms with Gasteiger partial charge in [-0.15, -0.1) is 0 Å². The smallest absolute Gasteiger partial charge is 0.416 e. The number of nitrogens with zero attached hydrogens (tertiary/aromatic N) is 5. The van der Waals surface area contributed by atoms with Crippen molar-refractivity contribution in [3.05, 3.63) is 41.7 Å². The zero-order valence-electron chi connectivity index (χ0n) is 21.1. The van der Waals surface area contributed by atoms with Crippen LogP contribution in [-0.4, -0.2) is 74.3 Å². The topological polar surface area (TPSA) is 145 Å². The Kier molecular flexibility index (Phi) is 7.58. The predicted molar refractivity (Wildman–Crippen MR) is 141 cm³/mol. The molecule has 2 saturated heterocycles. The zero-order chi connectivity index (χ0) is 28.8. The van der Waals surface area contributed by atoms with Crippen LogP contribution in [-0.2, 0) is 38.2 Å². The van der Waals surface area contributed by atoms with E-state index < -0.39 is 53.4 Å². The van der Waals surface area contributed by atoms with Gasteiger partial charge in [-0.25, -0.2) is 14.8 Å². The third-order valence-corrected chi connectivity index (χ3v) is 9.01. The van der Waals surface area contributed by atoms with E-state index in [1.54, 1.807) is 0 Å². The number of alkyl halides is 3. The highest BCUT2D eigenvalue weighted by Gasteiger charge is 2.44. The van der Waals surface area contributed by atoms with Crippen molar-refractivity contribution in [2.75, 3.05) is 41.7 Å². The van der Waals surface area contributed by atoms with Crippen molar-refractivity contribution in [2.45, 2.75) is 37.5 Å². The molecule has 0 radical (unpaired) electrons. The molecule has 0 saturated carbocycles. The molecule has 2 aliphatic rings. The number of nitrogen functional groups attached to an aromatic ring is 1. The van der Waals surface area contributed by atoms with Crippen LogP contribution in [0.2, 0.25) is 0 Å². The van der Waals surface area contributed by atoms with Crippen molar-refractivity contribution < 1.29 is 36.3 Å². The van der Waals surface area contributed by atoms with E-state index in [1.807, 2.05) is 4.90 Å². The predicted octanol–water partition coefficient (Wildman–Crippen LogP) is 2.49. The highest BCUT2D eigenvalue weighted by Crippen LogP contribution is 2.38. The summed E-state index contributed by atoms with van der Waals surface area (Å²) in [5.41, 5.74) is 4.51. The van der Waals surface area contributed by atoms with Crippen LogP contribution in [0.3, 0.4) is 0 Å². The van der Waals surface area contributed by atoms with Crippen molar-refractivity contribution in [1.82, 2.24) is 14.9 Å². The van der Waals surface area contributed by atoms with E-state index in [-0.39, 0.29) is 34.7 Å². The first-order chi connectivity index (χ1) is 19.0. The Hall–Kier alpha value is -3.50. The second kappa shape index (κ2) is 10.8. The van der Waals surface area contributed by atoms with E-state index in [9.17, 15) is 31.5 Å². The molecule has 1 unspecified atom stereocenters. The molecule has 3 atom stereocenters. The first-order valence-electron chi connectivity index (χ1n) is 12.2. The molecule has 2 fully saturated rings. The lowest BCUT2D eigenvalue weighted by atomic mass is 9.95. The second-order valence-corrected chi connectivity index (χ2v) is 11.2. The molecule has 16 heteroatoms. The summed E-state index contributed by atoms with van der Waals surface area (Å²) in [4.78, 5) is 37.6. The molecule has 0 spiro atoms. The number of pyridine rings is 1. The second-order valence-electron chi connectivity index (χ2n) is 9.37. The average molecular weight is 598 g/mol. The highest BCUT2D eigenvalue weighted by atomic mass is 32.2. The fraction of sp³-hybridized carbons (Fsp3) is 0.417. The Morgan fingerprint density at radius 2 is 2.08 bits per heavy atom. The number of amides is 1. The van der Waals surface area contributed by atoms with Crippen LogP contribution in [0.25, 0.3) is 10.8 Å². The number of rotatable bonds is 8. The van der Waals surface area contributed by atoms with Crippen LogP contribution >= 0.6 is 11.3 Å². The lowest BCUT2D eigenvalue weighted by Gasteiger charge is -2.32. The van der Waals surface area contributed by atoms with E-state index in [4.69, 9.17) is 10.5 Å². The molecule has 11 nitrogen and oxygen atoms in total. The van der Waals surface area contributed by atoms with Gasteiger partial charge in [-0.1, -0.05) is 17.4 Å². The molecule has 1 amide bonds. The molecule has 40 heavy (non-hydrogen) atoms. The molecule has 4 heterocycles. The number of carbonyl (C=O) groups excluding carboxylic acids is 2. The lowest BCUT2D eigenvalue weighted by molar-refractivity contribution is -0.151. The van der Waals surface area contributed by atoms with Crippen LogP contribution in [0.1, 0.15) is 24.0 Å². The minimum Gasteiger partial charge on any atom is -0.755 e. The van der Waals surface area contributed by atoms with Crippen LogP contribution in [0.15, 0.2) is 30.6 Å². The van der Waals surface area contributed by atoms with Crippen LogP contribution in [0.4, 0.5) is 29.1 Å². The quantitative estimate of drug-likeness (QED) is 0.306. The molecule has 5 rings (SSSR count). The zero-order valence-corrected chi connectivity index (χ0v) is 22.7. The first-order valence-corrected chi connectivity index (χ1v) is 14.1. The molecule has 214 valence electrons. The third kappa shape index (κ3) is 5.17. The molecule has 2 aliphatic heterocycles. The van der Waals surface area contributed by atoms with Crippen molar-refractivity contribution in [2.24, 2.45) is 0 Å². The van der Waals surface area contributed by atoms with Gasteiger partial charge in [-0.2, -0.15) is 13.2 Å². The Morgan fingerprint density at radius 3 is 2.70 bits per heavy atom. The monoisotopic (exact) mass is 597 g/mol. The highest BCUT2D eigenvalue weighted by molar-refractivity contribution is 7.81. The number of likely N-dealkylation sites (tertiary alicyclic amines) is 1. The maximum atomic E-state index is 14.1. The summed E-state index contributed by atoms with van der Waals surface area (Å²) < 4.78 is 72.5. The molecule has 0 aliphatic carbocycles. The summed E-state index contributed by atoms with van der Waals surface area (Å²) in [5.74, 6) is -1.73. The SMILES string of the molecule is COC(=O)[C@@H](Cc1cc2ccnc(N)c2cc1C(F)(F)F)N1CC[C@H](N(c2cnc(N3CCC3)s2)S(=O)[O-])C1=O. The van der Waals surface area contributed by atoms with Crippen LogP contribution in [0.5, 0.6) is 0 Å². The number of esters is 1. The van der Waals surface area contributed by atoms with Gasteiger partial charge in [0.25, 0.3) is 0 Å². The lowest BCUT2D eigenvalue weighted by Crippen LogP contribution is -2.49. The summed E-state index contributed by atoms with van der Waals surface area (Å²) in [6.07, 6.45) is -1.57. The number of nitrogens with two attached hydrogens (primary N) is 1.